The molecule has 0 fully saturated rings. The Labute approximate surface area is 103 Å². The summed E-state index contributed by atoms with van der Waals surface area (Å²) in [5.41, 5.74) is 2.04. The van der Waals surface area contributed by atoms with Crippen molar-refractivity contribution >= 4 is 39.9 Å². The van der Waals surface area contributed by atoms with E-state index in [2.05, 4.69) is 58.8 Å². The van der Waals surface area contributed by atoms with E-state index in [4.69, 9.17) is 0 Å². The molecule has 0 saturated heterocycles. The van der Waals surface area contributed by atoms with Crippen molar-refractivity contribution in [1.29, 1.82) is 0 Å². The summed E-state index contributed by atoms with van der Waals surface area (Å²) in [6.07, 6.45) is 0. The number of fused-ring (bicyclic) bond motifs is 1. The lowest BCUT2D eigenvalue weighted by Gasteiger charge is -2.34. The molecule has 0 unspecified atom stereocenters. The highest BCUT2D eigenvalue weighted by Crippen LogP contribution is 2.31. The molecule has 1 aromatic carbocycles. The zero-order valence-electron chi connectivity index (χ0n) is 8.75. The van der Waals surface area contributed by atoms with Crippen molar-refractivity contribution in [3.63, 3.8) is 0 Å². The van der Waals surface area contributed by atoms with Crippen molar-refractivity contribution in [2.45, 2.75) is 19.9 Å². The smallest absolute Gasteiger partial charge is 0.243 e. The monoisotopic (exact) mass is 316 g/mol. The fraction of sp³-hybridized carbons (Fsp3) is 0.364. The average Bonchev–Trinajstić information content (AvgIpc) is 2.15. The highest BCUT2D eigenvalue weighted by atomic mass is 127. The van der Waals surface area contributed by atoms with Crippen molar-refractivity contribution in [3.8, 4) is 0 Å². The Kier molecular flexibility index (Phi) is 2.86. The molecular formula is C11H13IN2O. The number of halogens is 1. The fourth-order valence-electron chi connectivity index (χ4n) is 1.75. The van der Waals surface area contributed by atoms with Crippen molar-refractivity contribution in [3.05, 3.63) is 21.8 Å². The second kappa shape index (κ2) is 4.00. The van der Waals surface area contributed by atoms with E-state index in [1.807, 2.05) is 6.07 Å². The molecule has 1 N–H and O–H groups in total. The Morgan fingerprint density at radius 3 is 2.87 bits per heavy atom. The second-order valence-electron chi connectivity index (χ2n) is 3.93. The molecule has 2 rings (SSSR count). The third kappa shape index (κ3) is 2.09. The Bertz CT molecular complexity index is 404. The van der Waals surface area contributed by atoms with Gasteiger partial charge in [0.05, 0.1) is 17.9 Å². The summed E-state index contributed by atoms with van der Waals surface area (Å²) >= 11 is 2.25. The molecule has 0 atom stereocenters. The molecule has 0 radical (unpaired) electrons. The van der Waals surface area contributed by atoms with Crippen LogP contribution >= 0.6 is 22.6 Å². The highest BCUT2D eigenvalue weighted by Gasteiger charge is 2.23. The van der Waals surface area contributed by atoms with Crippen LogP contribution in [0.4, 0.5) is 11.4 Å². The number of carbonyl (C=O) groups excluding carboxylic acids is 1. The van der Waals surface area contributed by atoms with Crippen LogP contribution < -0.4 is 10.2 Å². The second-order valence-corrected chi connectivity index (χ2v) is 5.18. The van der Waals surface area contributed by atoms with Crippen molar-refractivity contribution in [2.75, 3.05) is 16.8 Å². The van der Waals surface area contributed by atoms with Crippen LogP contribution in [-0.2, 0) is 4.79 Å². The summed E-state index contributed by atoms with van der Waals surface area (Å²) in [7, 11) is 0. The minimum absolute atomic E-state index is 0.0678. The summed E-state index contributed by atoms with van der Waals surface area (Å²) in [5.74, 6) is 0.0678. The zero-order chi connectivity index (χ0) is 11.0. The van der Waals surface area contributed by atoms with E-state index < -0.39 is 0 Å². The van der Waals surface area contributed by atoms with E-state index in [9.17, 15) is 4.79 Å². The van der Waals surface area contributed by atoms with Crippen molar-refractivity contribution in [1.82, 2.24) is 0 Å². The van der Waals surface area contributed by atoms with Gasteiger partial charge in [-0.05, 0) is 54.6 Å². The van der Waals surface area contributed by atoms with Crippen molar-refractivity contribution in [2.24, 2.45) is 0 Å². The lowest BCUT2D eigenvalue weighted by atomic mass is 10.1. The Morgan fingerprint density at radius 2 is 2.20 bits per heavy atom. The molecule has 3 nitrogen and oxygen atoms in total. The molecule has 1 aliphatic heterocycles. The Hall–Kier alpha value is -0.780. The van der Waals surface area contributed by atoms with Crippen LogP contribution in [0.25, 0.3) is 0 Å². The highest BCUT2D eigenvalue weighted by molar-refractivity contribution is 14.1. The first-order valence-corrected chi connectivity index (χ1v) is 6.02. The van der Waals surface area contributed by atoms with Gasteiger partial charge in [0.25, 0.3) is 0 Å². The van der Waals surface area contributed by atoms with E-state index in [0.717, 1.165) is 14.9 Å². The van der Waals surface area contributed by atoms with Gasteiger partial charge in [-0.2, -0.15) is 0 Å². The van der Waals surface area contributed by atoms with E-state index in [-0.39, 0.29) is 5.91 Å². The molecule has 1 aromatic rings. The van der Waals surface area contributed by atoms with E-state index in [1.165, 1.54) is 0 Å². The maximum Gasteiger partial charge on any atom is 0.243 e. The number of hydrogen-bond acceptors (Lipinski definition) is 2. The van der Waals surface area contributed by atoms with E-state index in [0.29, 0.717) is 12.6 Å². The maximum atomic E-state index is 11.5. The molecule has 0 spiro atoms. The van der Waals surface area contributed by atoms with Crippen molar-refractivity contribution < 1.29 is 4.79 Å². The molecular weight excluding hydrogens is 303 g/mol. The first-order chi connectivity index (χ1) is 7.08. The van der Waals surface area contributed by atoms with Crippen LogP contribution in [0.2, 0.25) is 0 Å². The summed E-state index contributed by atoms with van der Waals surface area (Å²) in [4.78, 5) is 13.6. The fourth-order valence-corrected chi connectivity index (χ4v) is 2.24. The first kappa shape index (κ1) is 10.7. The third-order valence-corrected chi connectivity index (χ3v) is 3.15. The van der Waals surface area contributed by atoms with Gasteiger partial charge < -0.3 is 10.2 Å². The number of carbonyl (C=O) groups is 1. The topological polar surface area (TPSA) is 32.3 Å². The maximum absolute atomic E-state index is 11.5. The molecule has 0 aromatic heterocycles. The van der Waals surface area contributed by atoms with Gasteiger partial charge in [0, 0.05) is 9.61 Å². The van der Waals surface area contributed by atoms with Crippen LogP contribution in [-0.4, -0.2) is 18.5 Å². The normalized spacial score (nSPS) is 15.2. The van der Waals surface area contributed by atoms with Crippen LogP contribution in [0.15, 0.2) is 18.2 Å². The average molecular weight is 316 g/mol. The predicted octanol–water partition coefficient (Wildman–Crippen LogP) is 2.46. The van der Waals surface area contributed by atoms with Crippen LogP contribution in [0.3, 0.4) is 0 Å². The number of rotatable bonds is 1. The Balaban J connectivity index is 2.46. The largest absolute Gasteiger partial charge is 0.358 e. The summed E-state index contributed by atoms with van der Waals surface area (Å²) in [6, 6.07) is 6.47. The summed E-state index contributed by atoms with van der Waals surface area (Å²) in [6.45, 7) is 4.64. The molecule has 1 heterocycles. The van der Waals surface area contributed by atoms with Crippen LogP contribution in [0.5, 0.6) is 0 Å². The standard InChI is InChI=1S/C11H13IN2O/c1-7(2)14-6-11(15)13-9-5-8(12)3-4-10(9)14/h3-5,7H,6H2,1-2H3,(H,13,15). The molecule has 1 amide bonds. The Morgan fingerprint density at radius 1 is 1.47 bits per heavy atom. The number of hydrogen-bond donors (Lipinski definition) is 1. The number of anilines is 2. The quantitative estimate of drug-likeness (QED) is 0.807. The minimum Gasteiger partial charge on any atom is -0.358 e. The predicted molar refractivity (Wildman–Crippen MR) is 70.3 cm³/mol. The van der Waals surface area contributed by atoms with Gasteiger partial charge in [-0.15, -0.1) is 0 Å². The summed E-state index contributed by atoms with van der Waals surface area (Å²) in [5, 5.41) is 2.90. The van der Waals surface area contributed by atoms with E-state index in [1.54, 1.807) is 0 Å². The van der Waals surface area contributed by atoms with Gasteiger partial charge in [-0.3, -0.25) is 4.79 Å². The molecule has 15 heavy (non-hydrogen) atoms. The molecule has 0 bridgehead atoms. The van der Waals surface area contributed by atoms with Crippen LogP contribution in [0.1, 0.15) is 13.8 Å². The number of benzene rings is 1. The van der Waals surface area contributed by atoms with Gasteiger partial charge in [0.15, 0.2) is 0 Å². The van der Waals surface area contributed by atoms with Crippen LogP contribution in [0, 0.1) is 3.57 Å². The van der Waals surface area contributed by atoms with Gasteiger partial charge in [0.1, 0.15) is 0 Å². The number of nitrogens with one attached hydrogen (secondary N) is 1. The number of nitrogens with zero attached hydrogens (tertiary/aromatic N) is 1. The van der Waals surface area contributed by atoms with Gasteiger partial charge in [-0.1, -0.05) is 0 Å². The first-order valence-electron chi connectivity index (χ1n) is 4.94. The molecule has 0 aliphatic carbocycles. The van der Waals surface area contributed by atoms with Gasteiger partial charge in [-0.25, -0.2) is 0 Å². The molecule has 1 aliphatic rings. The molecule has 80 valence electrons. The molecule has 4 heteroatoms. The third-order valence-electron chi connectivity index (χ3n) is 2.48. The summed E-state index contributed by atoms with van der Waals surface area (Å²) < 4.78 is 1.14. The lowest BCUT2D eigenvalue weighted by molar-refractivity contribution is -0.115. The zero-order valence-corrected chi connectivity index (χ0v) is 10.9. The van der Waals surface area contributed by atoms with E-state index >= 15 is 0 Å². The number of amides is 1. The van der Waals surface area contributed by atoms with Gasteiger partial charge in [0.2, 0.25) is 5.91 Å². The lowest BCUT2D eigenvalue weighted by Crippen LogP contribution is -2.42. The molecule has 0 saturated carbocycles. The van der Waals surface area contributed by atoms with Gasteiger partial charge >= 0.3 is 0 Å². The minimum atomic E-state index is 0.0678. The SMILES string of the molecule is CC(C)N1CC(=O)Nc2cc(I)ccc21.